The summed E-state index contributed by atoms with van der Waals surface area (Å²) >= 11 is 0. The van der Waals surface area contributed by atoms with E-state index >= 15 is 0 Å². The Morgan fingerprint density at radius 2 is 2.05 bits per heavy atom. The molecular formula is C13H11N3O3. The third-order valence-corrected chi connectivity index (χ3v) is 2.93. The summed E-state index contributed by atoms with van der Waals surface area (Å²) in [5.41, 5.74) is 1.17. The fourth-order valence-corrected chi connectivity index (χ4v) is 2.07. The number of imide groups is 1. The van der Waals surface area contributed by atoms with Crippen molar-refractivity contribution >= 4 is 23.2 Å². The van der Waals surface area contributed by atoms with Gasteiger partial charge in [0.05, 0.1) is 24.0 Å². The number of anilines is 2. The number of rotatable bonds is 3. The number of amides is 2. The first-order valence-corrected chi connectivity index (χ1v) is 5.83. The van der Waals surface area contributed by atoms with Crippen LogP contribution in [0.1, 0.15) is 6.42 Å². The van der Waals surface area contributed by atoms with Gasteiger partial charge >= 0.3 is 0 Å². The lowest BCUT2D eigenvalue weighted by atomic mass is 10.2. The van der Waals surface area contributed by atoms with Gasteiger partial charge in [0.1, 0.15) is 12.3 Å². The summed E-state index contributed by atoms with van der Waals surface area (Å²) in [5.74, 6) is -0.484. The molecule has 1 aromatic carbocycles. The van der Waals surface area contributed by atoms with E-state index in [1.54, 1.807) is 24.3 Å². The van der Waals surface area contributed by atoms with E-state index in [1.165, 1.54) is 17.4 Å². The Morgan fingerprint density at radius 3 is 2.74 bits per heavy atom. The monoisotopic (exact) mass is 257 g/mol. The number of carbonyl (C=O) groups is 2. The summed E-state index contributed by atoms with van der Waals surface area (Å²) < 4.78 is 4.68. The van der Waals surface area contributed by atoms with Crippen molar-refractivity contribution in [2.75, 3.05) is 10.2 Å². The zero-order valence-electron chi connectivity index (χ0n) is 9.95. The van der Waals surface area contributed by atoms with Crippen molar-refractivity contribution in [3.05, 3.63) is 42.8 Å². The molecule has 0 spiro atoms. The molecule has 0 bridgehead atoms. The van der Waals surface area contributed by atoms with Gasteiger partial charge in [-0.3, -0.25) is 9.59 Å². The maximum atomic E-state index is 12.2. The van der Waals surface area contributed by atoms with Crippen molar-refractivity contribution < 1.29 is 14.1 Å². The molecule has 96 valence electrons. The number of benzene rings is 1. The van der Waals surface area contributed by atoms with Gasteiger partial charge in [-0.2, -0.15) is 0 Å². The topological polar surface area (TPSA) is 75.4 Å². The first-order valence-electron chi connectivity index (χ1n) is 5.83. The van der Waals surface area contributed by atoms with E-state index in [0.29, 0.717) is 11.4 Å². The molecule has 1 atom stereocenters. The number of carbonyl (C=O) groups excluding carboxylic acids is 2. The highest BCUT2D eigenvalue weighted by molar-refractivity contribution is 6.23. The lowest BCUT2D eigenvalue weighted by Gasteiger charge is -2.15. The molecule has 3 rings (SSSR count). The molecule has 6 heteroatoms. The first-order chi connectivity index (χ1) is 9.25. The summed E-state index contributed by atoms with van der Waals surface area (Å²) in [7, 11) is 0. The largest absolute Gasteiger partial charge is 0.369 e. The molecule has 1 aliphatic rings. The summed E-state index contributed by atoms with van der Waals surface area (Å²) in [6, 6.07) is 8.30. The first kappa shape index (κ1) is 11.5. The second kappa shape index (κ2) is 4.56. The average Bonchev–Trinajstić information content (AvgIpc) is 3.01. The third-order valence-electron chi connectivity index (χ3n) is 2.93. The van der Waals surface area contributed by atoms with Gasteiger partial charge in [-0.25, -0.2) is 4.90 Å². The molecule has 1 aromatic heterocycles. The molecule has 2 heterocycles. The van der Waals surface area contributed by atoms with Crippen molar-refractivity contribution in [2.24, 2.45) is 0 Å². The molecule has 1 saturated heterocycles. The molecule has 19 heavy (non-hydrogen) atoms. The second-order valence-corrected chi connectivity index (χ2v) is 4.22. The quantitative estimate of drug-likeness (QED) is 0.841. The van der Waals surface area contributed by atoms with E-state index in [4.69, 9.17) is 0 Å². The standard InChI is InChI=1S/C13H11N3O3/c17-12-6-11(15-9-7-14-19-8-9)13(18)16(12)10-4-2-1-3-5-10/h1-5,7-8,11,15H,6H2. The van der Waals surface area contributed by atoms with E-state index in [0.717, 1.165) is 0 Å². The minimum atomic E-state index is -0.577. The van der Waals surface area contributed by atoms with Crippen LogP contribution in [0.5, 0.6) is 0 Å². The van der Waals surface area contributed by atoms with Crippen LogP contribution in [0.3, 0.4) is 0 Å². The molecule has 0 saturated carbocycles. The van der Waals surface area contributed by atoms with Crippen LogP contribution < -0.4 is 10.2 Å². The van der Waals surface area contributed by atoms with E-state index in [1.807, 2.05) is 6.07 Å². The van der Waals surface area contributed by atoms with E-state index in [9.17, 15) is 9.59 Å². The highest BCUT2D eigenvalue weighted by Crippen LogP contribution is 2.24. The van der Waals surface area contributed by atoms with Gasteiger partial charge < -0.3 is 9.84 Å². The van der Waals surface area contributed by atoms with Crippen LogP contribution in [-0.2, 0) is 9.59 Å². The Kier molecular flexibility index (Phi) is 2.75. The van der Waals surface area contributed by atoms with Crippen LogP contribution in [0, 0.1) is 0 Å². The van der Waals surface area contributed by atoms with Crippen molar-refractivity contribution in [2.45, 2.75) is 12.5 Å². The second-order valence-electron chi connectivity index (χ2n) is 4.22. The molecule has 1 fully saturated rings. The molecule has 0 radical (unpaired) electrons. The van der Waals surface area contributed by atoms with Crippen molar-refractivity contribution in [3.63, 3.8) is 0 Å². The Morgan fingerprint density at radius 1 is 1.26 bits per heavy atom. The molecule has 1 aliphatic heterocycles. The molecule has 1 N–H and O–H groups in total. The van der Waals surface area contributed by atoms with Crippen LogP contribution in [0.2, 0.25) is 0 Å². The van der Waals surface area contributed by atoms with E-state index < -0.39 is 6.04 Å². The smallest absolute Gasteiger partial charge is 0.256 e. The average molecular weight is 257 g/mol. The molecule has 1 unspecified atom stereocenters. The summed E-state index contributed by atoms with van der Waals surface area (Å²) in [6.45, 7) is 0. The number of hydrogen-bond acceptors (Lipinski definition) is 5. The lowest BCUT2D eigenvalue weighted by Crippen LogP contribution is -2.34. The van der Waals surface area contributed by atoms with Gasteiger partial charge in [-0.1, -0.05) is 23.4 Å². The summed E-state index contributed by atoms with van der Waals surface area (Å²) in [5, 5.41) is 6.47. The molecule has 6 nitrogen and oxygen atoms in total. The fourth-order valence-electron chi connectivity index (χ4n) is 2.07. The van der Waals surface area contributed by atoms with Gasteiger partial charge in [0, 0.05) is 0 Å². The number of hydrogen-bond donors (Lipinski definition) is 1. The van der Waals surface area contributed by atoms with Gasteiger partial charge in [-0.15, -0.1) is 0 Å². The fraction of sp³-hybridized carbons (Fsp3) is 0.154. The van der Waals surface area contributed by atoms with Crippen molar-refractivity contribution in [1.82, 2.24) is 5.16 Å². The van der Waals surface area contributed by atoms with Crippen molar-refractivity contribution in [3.8, 4) is 0 Å². The molecule has 0 aliphatic carbocycles. The van der Waals surface area contributed by atoms with Crippen molar-refractivity contribution in [1.29, 1.82) is 0 Å². The normalized spacial score (nSPS) is 18.9. The van der Waals surface area contributed by atoms with E-state index in [2.05, 4.69) is 15.0 Å². The summed E-state index contributed by atoms with van der Waals surface area (Å²) in [4.78, 5) is 25.4. The minimum Gasteiger partial charge on any atom is -0.369 e. The van der Waals surface area contributed by atoms with Gasteiger partial charge in [0.15, 0.2) is 0 Å². The van der Waals surface area contributed by atoms with Crippen LogP contribution in [0.4, 0.5) is 11.4 Å². The number of aromatic nitrogens is 1. The Bertz CT molecular complexity index is 595. The molecule has 2 aromatic rings. The molecular weight excluding hydrogens is 246 g/mol. The maximum absolute atomic E-state index is 12.2. The number of nitrogens with zero attached hydrogens (tertiary/aromatic N) is 2. The highest BCUT2D eigenvalue weighted by atomic mass is 16.5. The lowest BCUT2D eigenvalue weighted by molar-refractivity contribution is -0.121. The van der Waals surface area contributed by atoms with Crippen LogP contribution in [0.15, 0.2) is 47.3 Å². The number of nitrogens with one attached hydrogen (secondary N) is 1. The number of para-hydroxylation sites is 1. The Hall–Kier alpha value is -2.63. The summed E-state index contributed by atoms with van der Waals surface area (Å²) in [6.07, 6.45) is 2.98. The maximum Gasteiger partial charge on any atom is 0.256 e. The zero-order chi connectivity index (χ0) is 13.2. The van der Waals surface area contributed by atoms with E-state index in [-0.39, 0.29) is 18.2 Å². The van der Waals surface area contributed by atoms with Crippen LogP contribution in [0.25, 0.3) is 0 Å². The Labute approximate surface area is 109 Å². The van der Waals surface area contributed by atoms with Gasteiger partial charge in [0.2, 0.25) is 5.91 Å². The minimum absolute atomic E-state index is 0.124. The van der Waals surface area contributed by atoms with Gasteiger partial charge in [-0.05, 0) is 12.1 Å². The third kappa shape index (κ3) is 2.08. The highest BCUT2D eigenvalue weighted by Gasteiger charge is 2.39. The predicted octanol–water partition coefficient (Wildman–Crippen LogP) is 1.42. The zero-order valence-corrected chi connectivity index (χ0v) is 9.95. The van der Waals surface area contributed by atoms with Gasteiger partial charge in [0.25, 0.3) is 5.91 Å². The molecule has 2 amide bonds. The SMILES string of the molecule is O=C1CC(Nc2cnoc2)C(=O)N1c1ccccc1. The van der Waals surface area contributed by atoms with Crippen LogP contribution >= 0.6 is 0 Å². The Balaban J connectivity index is 1.82. The van der Waals surface area contributed by atoms with Crippen LogP contribution in [-0.4, -0.2) is 23.0 Å². The predicted molar refractivity (Wildman–Crippen MR) is 67.5 cm³/mol.